The molecule has 2 aliphatic rings. The lowest BCUT2D eigenvalue weighted by Gasteiger charge is -2.29. The number of rotatable bonds is 6. The Labute approximate surface area is 193 Å². The maximum Gasteiger partial charge on any atom is 0.251 e. The quantitative estimate of drug-likeness (QED) is 0.686. The first-order valence-corrected chi connectivity index (χ1v) is 12.4. The first kappa shape index (κ1) is 23.2. The number of ether oxygens (including phenoxy) is 2. The average molecular weight is 471 g/mol. The number of aromatic nitrogens is 1. The van der Waals surface area contributed by atoms with Gasteiger partial charge < -0.3 is 14.8 Å². The molecular formula is C23H26N4O5S. The lowest BCUT2D eigenvalue weighted by molar-refractivity contribution is 0.0730. The van der Waals surface area contributed by atoms with Gasteiger partial charge in [-0.1, -0.05) is 0 Å². The zero-order valence-electron chi connectivity index (χ0n) is 18.1. The van der Waals surface area contributed by atoms with Gasteiger partial charge in [0.2, 0.25) is 15.9 Å². The van der Waals surface area contributed by atoms with Gasteiger partial charge in [0.1, 0.15) is 12.2 Å². The molecule has 2 fully saturated rings. The fourth-order valence-electron chi connectivity index (χ4n) is 3.99. The standard InChI is InChI=1S/C23H26N4O5S/c24-15-17-1-10-22(25-16-17)32-20-6-4-19(5-7-20)26-23(28)18-2-8-21(9-3-18)33(29,30)27-11-13-31-14-12-27/h1-3,8-10,16,19-20H,4-7,11-14H2,(H,26,28). The van der Waals surface area contributed by atoms with Gasteiger partial charge in [-0.15, -0.1) is 0 Å². The summed E-state index contributed by atoms with van der Waals surface area (Å²) in [5.74, 6) is 0.275. The third-order valence-corrected chi connectivity index (χ3v) is 7.80. The van der Waals surface area contributed by atoms with Crippen LogP contribution < -0.4 is 10.1 Å². The van der Waals surface area contributed by atoms with Crippen molar-refractivity contribution in [2.24, 2.45) is 0 Å². The van der Waals surface area contributed by atoms with Crippen LogP contribution in [0.25, 0.3) is 0 Å². The summed E-state index contributed by atoms with van der Waals surface area (Å²) in [7, 11) is -3.58. The minimum absolute atomic E-state index is 0.0169. The van der Waals surface area contributed by atoms with Crippen LogP contribution in [-0.4, -0.2) is 62.1 Å². The lowest BCUT2D eigenvalue weighted by Crippen LogP contribution is -2.40. The molecule has 2 aromatic rings. The van der Waals surface area contributed by atoms with Gasteiger partial charge in [-0.3, -0.25) is 4.79 Å². The predicted octanol–water partition coefficient (Wildman–Crippen LogP) is 2.09. The minimum Gasteiger partial charge on any atom is -0.474 e. The number of amides is 1. The van der Waals surface area contributed by atoms with E-state index < -0.39 is 10.0 Å². The Bertz CT molecular complexity index is 1100. The summed E-state index contributed by atoms with van der Waals surface area (Å²) < 4.78 is 37.9. The van der Waals surface area contributed by atoms with Crippen molar-refractivity contribution >= 4 is 15.9 Å². The summed E-state index contributed by atoms with van der Waals surface area (Å²) in [6, 6.07) is 11.5. The highest BCUT2D eigenvalue weighted by Crippen LogP contribution is 2.24. The first-order valence-electron chi connectivity index (χ1n) is 11.0. The summed E-state index contributed by atoms with van der Waals surface area (Å²) >= 11 is 0. The Morgan fingerprint density at radius 2 is 1.79 bits per heavy atom. The molecule has 10 heteroatoms. The second-order valence-electron chi connectivity index (χ2n) is 8.10. The van der Waals surface area contributed by atoms with Crippen molar-refractivity contribution in [3.8, 4) is 11.9 Å². The molecule has 33 heavy (non-hydrogen) atoms. The SMILES string of the molecule is N#Cc1ccc(OC2CCC(NC(=O)c3ccc(S(=O)(=O)N4CCOCC4)cc3)CC2)nc1. The average Bonchev–Trinajstić information content (AvgIpc) is 2.86. The van der Waals surface area contributed by atoms with Gasteiger partial charge in [0, 0.05) is 37.0 Å². The molecule has 0 spiro atoms. The first-order chi connectivity index (χ1) is 16.0. The molecule has 2 heterocycles. The molecule has 1 aliphatic carbocycles. The maximum absolute atomic E-state index is 12.7. The zero-order chi connectivity index (χ0) is 23.3. The number of nitriles is 1. The number of pyridine rings is 1. The molecule has 9 nitrogen and oxygen atoms in total. The Hall–Kier alpha value is -3.00. The summed E-state index contributed by atoms with van der Waals surface area (Å²) in [5, 5.41) is 11.9. The largest absolute Gasteiger partial charge is 0.474 e. The third kappa shape index (κ3) is 5.68. The zero-order valence-corrected chi connectivity index (χ0v) is 19.0. The maximum atomic E-state index is 12.7. The van der Waals surface area contributed by atoms with E-state index in [1.54, 1.807) is 24.3 Å². The van der Waals surface area contributed by atoms with Crippen molar-refractivity contribution in [1.29, 1.82) is 5.26 Å². The molecular weight excluding hydrogens is 444 g/mol. The number of nitrogens with zero attached hydrogens (tertiary/aromatic N) is 3. The van der Waals surface area contributed by atoms with E-state index in [0.29, 0.717) is 43.3 Å². The van der Waals surface area contributed by atoms with Gasteiger partial charge in [0.25, 0.3) is 5.91 Å². The van der Waals surface area contributed by atoms with Gasteiger partial charge in [-0.25, -0.2) is 13.4 Å². The summed E-state index contributed by atoms with van der Waals surface area (Å²) in [4.78, 5) is 17.0. The smallest absolute Gasteiger partial charge is 0.251 e. The van der Waals surface area contributed by atoms with E-state index in [-0.39, 0.29) is 22.9 Å². The molecule has 1 saturated heterocycles. The van der Waals surface area contributed by atoms with Gasteiger partial charge in [0.15, 0.2) is 0 Å². The van der Waals surface area contributed by atoms with Crippen molar-refractivity contribution < 1.29 is 22.7 Å². The number of sulfonamides is 1. The molecule has 4 rings (SSSR count). The Morgan fingerprint density at radius 3 is 2.39 bits per heavy atom. The topological polar surface area (TPSA) is 122 Å². The van der Waals surface area contributed by atoms with Crippen LogP contribution in [0.3, 0.4) is 0 Å². The van der Waals surface area contributed by atoms with Crippen molar-refractivity contribution in [3.63, 3.8) is 0 Å². The van der Waals surface area contributed by atoms with E-state index in [1.165, 1.54) is 22.6 Å². The normalized spacial score (nSPS) is 21.7. The second-order valence-corrected chi connectivity index (χ2v) is 10.0. The van der Waals surface area contributed by atoms with E-state index in [4.69, 9.17) is 14.7 Å². The number of benzene rings is 1. The molecule has 1 saturated carbocycles. The van der Waals surface area contributed by atoms with Gasteiger partial charge >= 0.3 is 0 Å². The van der Waals surface area contributed by atoms with Crippen LogP contribution in [0.4, 0.5) is 0 Å². The van der Waals surface area contributed by atoms with E-state index in [2.05, 4.69) is 10.3 Å². The number of hydrogen-bond acceptors (Lipinski definition) is 7. The van der Waals surface area contributed by atoms with Crippen LogP contribution in [-0.2, 0) is 14.8 Å². The summed E-state index contributed by atoms with van der Waals surface area (Å²) in [6.45, 7) is 1.43. The number of carbonyl (C=O) groups excluding carboxylic acids is 1. The molecule has 0 radical (unpaired) electrons. The molecule has 1 amide bonds. The molecule has 1 aromatic carbocycles. The molecule has 1 aromatic heterocycles. The van der Waals surface area contributed by atoms with Crippen LogP contribution in [0.2, 0.25) is 0 Å². The number of nitrogens with one attached hydrogen (secondary N) is 1. The van der Waals surface area contributed by atoms with E-state index in [0.717, 1.165) is 25.7 Å². The van der Waals surface area contributed by atoms with Crippen LogP contribution in [0.1, 0.15) is 41.6 Å². The second kappa shape index (κ2) is 10.3. The van der Waals surface area contributed by atoms with Crippen LogP contribution in [0, 0.1) is 11.3 Å². The number of morpholine rings is 1. The van der Waals surface area contributed by atoms with Gasteiger partial charge in [-0.2, -0.15) is 9.57 Å². The van der Waals surface area contributed by atoms with E-state index in [1.807, 2.05) is 6.07 Å². The Morgan fingerprint density at radius 1 is 1.09 bits per heavy atom. The molecule has 1 aliphatic heterocycles. The van der Waals surface area contributed by atoms with Crippen molar-refractivity contribution in [3.05, 3.63) is 53.7 Å². The summed E-state index contributed by atoms with van der Waals surface area (Å²) in [6.07, 6.45) is 4.61. The fraction of sp³-hybridized carbons (Fsp3) is 0.435. The number of carbonyl (C=O) groups is 1. The number of hydrogen-bond donors (Lipinski definition) is 1. The molecule has 0 unspecified atom stereocenters. The monoisotopic (exact) mass is 470 g/mol. The van der Waals surface area contributed by atoms with Crippen molar-refractivity contribution in [1.82, 2.24) is 14.6 Å². The Kier molecular flexibility index (Phi) is 7.23. The van der Waals surface area contributed by atoms with Crippen molar-refractivity contribution in [2.75, 3.05) is 26.3 Å². The minimum atomic E-state index is -3.58. The van der Waals surface area contributed by atoms with Crippen LogP contribution in [0.5, 0.6) is 5.88 Å². The van der Waals surface area contributed by atoms with Gasteiger partial charge in [0.05, 0.1) is 23.7 Å². The highest BCUT2D eigenvalue weighted by molar-refractivity contribution is 7.89. The lowest BCUT2D eigenvalue weighted by atomic mass is 9.92. The fourth-order valence-corrected chi connectivity index (χ4v) is 5.40. The highest BCUT2D eigenvalue weighted by atomic mass is 32.2. The van der Waals surface area contributed by atoms with E-state index >= 15 is 0 Å². The third-order valence-electron chi connectivity index (χ3n) is 5.89. The van der Waals surface area contributed by atoms with Crippen LogP contribution >= 0.6 is 0 Å². The molecule has 174 valence electrons. The van der Waals surface area contributed by atoms with Gasteiger partial charge in [-0.05, 0) is 56.0 Å². The predicted molar refractivity (Wildman–Crippen MR) is 119 cm³/mol. The Balaban J connectivity index is 1.27. The van der Waals surface area contributed by atoms with E-state index in [9.17, 15) is 13.2 Å². The summed E-state index contributed by atoms with van der Waals surface area (Å²) in [5.41, 5.74) is 0.914. The molecule has 0 bridgehead atoms. The molecule has 1 N–H and O–H groups in total. The highest BCUT2D eigenvalue weighted by Gasteiger charge is 2.27. The van der Waals surface area contributed by atoms with Crippen LogP contribution in [0.15, 0.2) is 47.5 Å². The van der Waals surface area contributed by atoms with Crippen molar-refractivity contribution in [2.45, 2.75) is 42.7 Å². The molecule has 0 atom stereocenters.